The van der Waals surface area contributed by atoms with Crippen molar-refractivity contribution in [3.63, 3.8) is 0 Å². The maximum Gasteiger partial charge on any atom is 0.251 e. The van der Waals surface area contributed by atoms with Crippen molar-refractivity contribution in [3.05, 3.63) is 54.1 Å². The molecule has 4 N–H and O–H groups in total. The van der Waals surface area contributed by atoms with Gasteiger partial charge in [0.2, 0.25) is 11.8 Å². The molecule has 0 aromatic heterocycles. The van der Waals surface area contributed by atoms with Crippen molar-refractivity contribution in [2.24, 2.45) is 5.92 Å². The van der Waals surface area contributed by atoms with E-state index in [1.807, 2.05) is 19.9 Å². The molecule has 7 nitrogen and oxygen atoms in total. The summed E-state index contributed by atoms with van der Waals surface area (Å²) in [5.74, 6) is -0.0732. The molecule has 0 aliphatic carbocycles. The molecule has 166 valence electrons. The highest BCUT2D eigenvalue weighted by atomic mass is 16.2. The van der Waals surface area contributed by atoms with Crippen molar-refractivity contribution >= 4 is 34.8 Å². The Morgan fingerprint density at radius 3 is 2.13 bits per heavy atom. The minimum atomic E-state index is -0.214. The lowest BCUT2D eigenvalue weighted by Gasteiger charge is -2.11. The molecule has 0 unspecified atom stereocenters. The van der Waals surface area contributed by atoms with E-state index < -0.39 is 0 Å². The molecule has 31 heavy (non-hydrogen) atoms. The summed E-state index contributed by atoms with van der Waals surface area (Å²) in [6.07, 6.45) is 2.42. The zero-order valence-electron chi connectivity index (χ0n) is 18.5. The van der Waals surface area contributed by atoms with Gasteiger partial charge in [0.15, 0.2) is 0 Å². The molecule has 2 aromatic carbocycles. The lowest BCUT2D eigenvalue weighted by molar-refractivity contribution is -0.117. The SMILES string of the molecule is CCCCNC(=O)c1cccc(NCC(=O)Nc2ccc(NC(=O)CC(C)C)cc2)c1. The molecule has 3 amide bonds. The average Bonchev–Trinajstić information content (AvgIpc) is 2.73. The summed E-state index contributed by atoms with van der Waals surface area (Å²) in [5.41, 5.74) is 2.58. The van der Waals surface area contributed by atoms with E-state index in [2.05, 4.69) is 28.2 Å². The van der Waals surface area contributed by atoms with Gasteiger partial charge in [-0.25, -0.2) is 0 Å². The number of carbonyl (C=O) groups excluding carboxylic acids is 3. The number of amides is 3. The summed E-state index contributed by atoms with van der Waals surface area (Å²) >= 11 is 0. The van der Waals surface area contributed by atoms with Crippen LogP contribution >= 0.6 is 0 Å². The van der Waals surface area contributed by atoms with Gasteiger partial charge in [0.05, 0.1) is 6.54 Å². The number of hydrogen-bond donors (Lipinski definition) is 4. The van der Waals surface area contributed by atoms with Crippen molar-refractivity contribution in [3.8, 4) is 0 Å². The van der Waals surface area contributed by atoms with Gasteiger partial charge in [0.1, 0.15) is 0 Å². The summed E-state index contributed by atoms with van der Waals surface area (Å²) in [6, 6.07) is 14.0. The first-order valence-electron chi connectivity index (χ1n) is 10.7. The number of hydrogen-bond acceptors (Lipinski definition) is 4. The Bertz CT molecular complexity index is 879. The van der Waals surface area contributed by atoms with Crippen molar-refractivity contribution in [1.82, 2.24) is 5.32 Å². The molecule has 0 fully saturated rings. The molecule has 7 heteroatoms. The summed E-state index contributed by atoms with van der Waals surface area (Å²) in [4.78, 5) is 36.2. The molecule has 0 atom stereocenters. The fourth-order valence-electron chi connectivity index (χ4n) is 2.86. The van der Waals surface area contributed by atoms with Crippen LogP contribution in [0.4, 0.5) is 17.1 Å². The van der Waals surface area contributed by atoms with Crippen LogP contribution in [0.5, 0.6) is 0 Å². The first kappa shape index (κ1) is 23.9. The topological polar surface area (TPSA) is 99.3 Å². The fourth-order valence-corrected chi connectivity index (χ4v) is 2.86. The number of rotatable bonds is 11. The van der Waals surface area contributed by atoms with Crippen molar-refractivity contribution in [2.45, 2.75) is 40.0 Å². The molecule has 0 saturated heterocycles. The zero-order chi connectivity index (χ0) is 22.6. The Labute approximate surface area is 184 Å². The Balaban J connectivity index is 1.82. The standard InChI is InChI=1S/C24H32N4O3/c1-4-5-13-25-24(31)18-7-6-8-21(15-18)26-16-23(30)28-20-11-9-19(10-12-20)27-22(29)14-17(2)3/h6-12,15,17,26H,4-5,13-14,16H2,1-3H3,(H,25,31)(H,27,29)(H,28,30). The second-order valence-electron chi connectivity index (χ2n) is 7.82. The maximum atomic E-state index is 12.2. The van der Waals surface area contributed by atoms with E-state index >= 15 is 0 Å². The number of carbonyl (C=O) groups is 3. The molecule has 0 aliphatic heterocycles. The maximum absolute atomic E-state index is 12.2. The third-order valence-electron chi connectivity index (χ3n) is 4.44. The Kier molecular flexibility index (Phi) is 9.55. The van der Waals surface area contributed by atoms with Crippen LogP contribution in [-0.4, -0.2) is 30.8 Å². The Hall–Kier alpha value is -3.35. The van der Waals surface area contributed by atoms with Crippen LogP contribution in [0.1, 0.15) is 50.4 Å². The van der Waals surface area contributed by atoms with Gasteiger partial charge in [-0.1, -0.05) is 33.3 Å². The van der Waals surface area contributed by atoms with Crippen LogP contribution in [0.25, 0.3) is 0 Å². The van der Waals surface area contributed by atoms with Gasteiger partial charge in [-0.3, -0.25) is 14.4 Å². The van der Waals surface area contributed by atoms with Gasteiger partial charge in [-0.2, -0.15) is 0 Å². The molecule has 0 saturated carbocycles. The van der Waals surface area contributed by atoms with Gasteiger partial charge in [0.25, 0.3) is 5.91 Å². The average molecular weight is 425 g/mol. The highest BCUT2D eigenvalue weighted by Gasteiger charge is 2.08. The second-order valence-corrected chi connectivity index (χ2v) is 7.82. The molecular formula is C24H32N4O3. The Morgan fingerprint density at radius 1 is 0.871 bits per heavy atom. The molecule has 0 spiro atoms. The highest BCUT2D eigenvalue weighted by Crippen LogP contribution is 2.15. The molecular weight excluding hydrogens is 392 g/mol. The molecule has 0 radical (unpaired) electrons. The molecule has 0 bridgehead atoms. The lowest BCUT2D eigenvalue weighted by Crippen LogP contribution is -2.25. The number of anilines is 3. The van der Waals surface area contributed by atoms with Crippen LogP contribution in [-0.2, 0) is 9.59 Å². The van der Waals surface area contributed by atoms with Crippen LogP contribution in [0, 0.1) is 5.92 Å². The normalized spacial score (nSPS) is 10.5. The number of unbranched alkanes of at least 4 members (excludes halogenated alkanes) is 1. The first-order valence-corrected chi connectivity index (χ1v) is 10.7. The molecule has 0 aliphatic rings. The van der Waals surface area contributed by atoms with E-state index in [9.17, 15) is 14.4 Å². The van der Waals surface area contributed by atoms with Crippen LogP contribution in [0.15, 0.2) is 48.5 Å². The summed E-state index contributed by atoms with van der Waals surface area (Å²) in [5, 5.41) is 11.5. The van der Waals surface area contributed by atoms with Gasteiger partial charge in [0, 0.05) is 35.6 Å². The lowest BCUT2D eigenvalue weighted by atomic mass is 10.1. The summed E-state index contributed by atoms with van der Waals surface area (Å²) in [6.45, 7) is 6.76. The third kappa shape index (κ3) is 8.90. The van der Waals surface area contributed by atoms with Gasteiger partial charge >= 0.3 is 0 Å². The monoisotopic (exact) mass is 424 g/mol. The zero-order valence-corrected chi connectivity index (χ0v) is 18.5. The third-order valence-corrected chi connectivity index (χ3v) is 4.44. The Morgan fingerprint density at radius 2 is 1.52 bits per heavy atom. The van der Waals surface area contributed by atoms with Crippen LogP contribution < -0.4 is 21.3 Å². The van der Waals surface area contributed by atoms with Gasteiger partial charge in [-0.15, -0.1) is 0 Å². The fraction of sp³-hybridized carbons (Fsp3) is 0.375. The summed E-state index contributed by atoms with van der Waals surface area (Å²) in [7, 11) is 0. The van der Waals surface area contributed by atoms with E-state index in [1.54, 1.807) is 42.5 Å². The predicted molar refractivity (Wildman–Crippen MR) is 125 cm³/mol. The minimum Gasteiger partial charge on any atom is -0.376 e. The number of nitrogens with one attached hydrogen (secondary N) is 4. The van der Waals surface area contributed by atoms with Gasteiger partial charge in [-0.05, 0) is 54.8 Å². The summed E-state index contributed by atoms with van der Waals surface area (Å²) < 4.78 is 0. The van der Waals surface area contributed by atoms with Gasteiger partial charge < -0.3 is 21.3 Å². The first-order chi connectivity index (χ1) is 14.9. The minimum absolute atomic E-state index is 0.0303. The van der Waals surface area contributed by atoms with E-state index in [-0.39, 0.29) is 24.3 Å². The highest BCUT2D eigenvalue weighted by molar-refractivity contribution is 5.96. The van der Waals surface area contributed by atoms with Crippen molar-refractivity contribution in [2.75, 3.05) is 29.0 Å². The van der Waals surface area contributed by atoms with E-state index in [0.717, 1.165) is 12.8 Å². The molecule has 0 heterocycles. The molecule has 2 rings (SSSR count). The molecule has 2 aromatic rings. The largest absolute Gasteiger partial charge is 0.376 e. The van der Waals surface area contributed by atoms with E-state index in [4.69, 9.17) is 0 Å². The van der Waals surface area contributed by atoms with E-state index in [0.29, 0.717) is 41.5 Å². The predicted octanol–water partition coefficient (Wildman–Crippen LogP) is 4.25. The van der Waals surface area contributed by atoms with Crippen molar-refractivity contribution in [1.29, 1.82) is 0 Å². The second kappa shape index (κ2) is 12.4. The quantitative estimate of drug-likeness (QED) is 0.405. The van der Waals surface area contributed by atoms with Crippen molar-refractivity contribution < 1.29 is 14.4 Å². The van der Waals surface area contributed by atoms with Crippen LogP contribution in [0.2, 0.25) is 0 Å². The van der Waals surface area contributed by atoms with Crippen LogP contribution in [0.3, 0.4) is 0 Å². The number of benzene rings is 2. The van der Waals surface area contributed by atoms with E-state index in [1.165, 1.54) is 0 Å². The smallest absolute Gasteiger partial charge is 0.251 e.